The zero-order valence-corrected chi connectivity index (χ0v) is 8.64. The van der Waals surface area contributed by atoms with Gasteiger partial charge in [-0.3, -0.25) is 9.67 Å². The van der Waals surface area contributed by atoms with Crippen molar-refractivity contribution in [3.05, 3.63) is 24.4 Å². The number of rotatable bonds is 2. The van der Waals surface area contributed by atoms with Crippen LogP contribution in [0.2, 0.25) is 0 Å². The standard InChI is InChI=1S/C10H12N4O/c1-14-10(11)6-9(13-14)8-5-7(15-2)3-4-12-8/h3-6H,11H2,1-2H3. The summed E-state index contributed by atoms with van der Waals surface area (Å²) in [7, 11) is 3.41. The Morgan fingerprint density at radius 1 is 1.33 bits per heavy atom. The number of methoxy groups -OCH3 is 1. The zero-order chi connectivity index (χ0) is 10.8. The molecule has 0 unspecified atom stereocenters. The normalized spacial score (nSPS) is 10.3. The first-order chi connectivity index (χ1) is 7.20. The molecule has 0 amide bonds. The van der Waals surface area contributed by atoms with Gasteiger partial charge in [-0.25, -0.2) is 0 Å². The second-order valence-electron chi connectivity index (χ2n) is 3.16. The largest absolute Gasteiger partial charge is 0.497 e. The van der Waals surface area contributed by atoms with Crippen molar-refractivity contribution < 1.29 is 4.74 Å². The van der Waals surface area contributed by atoms with Crippen LogP contribution in [-0.4, -0.2) is 21.9 Å². The van der Waals surface area contributed by atoms with E-state index in [1.165, 1.54) is 0 Å². The summed E-state index contributed by atoms with van der Waals surface area (Å²) in [6.07, 6.45) is 1.68. The lowest BCUT2D eigenvalue weighted by Gasteiger charge is -2.00. The molecule has 2 N–H and O–H groups in total. The van der Waals surface area contributed by atoms with Gasteiger partial charge in [0.05, 0.1) is 12.8 Å². The Balaban J connectivity index is 2.44. The van der Waals surface area contributed by atoms with Crippen molar-refractivity contribution in [2.45, 2.75) is 0 Å². The summed E-state index contributed by atoms with van der Waals surface area (Å²) < 4.78 is 6.72. The Morgan fingerprint density at radius 2 is 2.13 bits per heavy atom. The maximum Gasteiger partial charge on any atom is 0.122 e. The van der Waals surface area contributed by atoms with Crippen molar-refractivity contribution >= 4 is 5.82 Å². The Kier molecular flexibility index (Phi) is 2.29. The molecule has 0 fully saturated rings. The molecule has 0 aromatic carbocycles. The van der Waals surface area contributed by atoms with Crippen LogP contribution in [0.1, 0.15) is 0 Å². The summed E-state index contributed by atoms with van der Waals surface area (Å²) in [5.74, 6) is 1.36. The third-order valence-electron chi connectivity index (χ3n) is 2.15. The van der Waals surface area contributed by atoms with Gasteiger partial charge in [0.15, 0.2) is 0 Å². The molecular formula is C10H12N4O. The highest BCUT2D eigenvalue weighted by Gasteiger charge is 2.06. The molecule has 0 saturated carbocycles. The lowest BCUT2D eigenvalue weighted by molar-refractivity contribution is 0.414. The van der Waals surface area contributed by atoms with E-state index in [-0.39, 0.29) is 0 Å². The fourth-order valence-electron chi connectivity index (χ4n) is 1.29. The molecule has 2 aromatic rings. The van der Waals surface area contributed by atoms with Crippen molar-refractivity contribution in [2.24, 2.45) is 7.05 Å². The molecule has 0 bridgehead atoms. The lowest BCUT2D eigenvalue weighted by atomic mass is 10.2. The topological polar surface area (TPSA) is 66.0 Å². The number of nitrogens with zero attached hydrogens (tertiary/aromatic N) is 3. The van der Waals surface area contributed by atoms with Gasteiger partial charge < -0.3 is 10.5 Å². The third kappa shape index (κ3) is 1.76. The van der Waals surface area contributed by atoms with E-state index in [9.17, 15) is 0 Å². The van der Waals surface area contributed by atoms with Crippen LogP contribution >= 0.6 is 0 Å². The third-order valence-corrected chi connectivity index (χ3v) is 2.15. The number of hydrogen-bond acceptors (Lipinski definition) is 4. The van der Waals surface area contributed by atoms with E-state index in [0.29, 0.717) is 5.82 Å². The van der Waals surface area contributed by atoms with E-state index >= 15 is 0 Å². The second-order valence-corrected chi connectivity index (χ2v) is 3.16. The molecule has 0 aliphatic carbocycles. The Labute approximate surface area is 87.5 Å². The van der Waals surface area contributed by atoms with Crippen LogP contribution in [0, 0.1) is 0 Å². The molecule has 5 nitrogen and oxygen atoms in total. The Morgan fingerprint density at radius 3 is 2.73 bits per heavy atom. The zero-order valence-electron chi connectivity index (χ0n) is 8.64. The van der Waals surface area contributed by atoms with Gasteiger partial charge in [0.1, 0.15) is 17.3 Å². The van der Waals surface area contributed by atoms with Crippen LogP contribution in [-0.2, 0) is 7.05 Å². The maximum atomic E-state index is 5.69. The monoisotopic (exact) mass is 204 g/mol. The molecule has 15 heavy (non-hydrogen) atoms. The predicted octanol–water partition coefficient (Wildman–Crippen LogP) is 1.07. The van der Waals surface area contributed by atoms with Crippen molar-refractivity contribution in [3.8, 4) is 17.1 Å². The first-order valence-electron chi connectivity index (χ1n) is 4.50. The van der Waals surface area contributed by atoms with Crippen LogP contribution in [0.25, 0.3) is 11.4 Å². The first-order valence-corrected chi connectivity index (χ1v) is 4.50. The fraction of sp³-hybridized carbons (Fsp3) is 0.200. The van der Waals surface area contributed by atoms with Crippen LogP contribution in [0.15, 0.2) is 24.4 Å². The van der Waals surface area contributed by atoms with Gasteiger partial charge in [0, 0.05) is 25.4 Å². The van der Waals surface area contributed by atoms with E-state index in [4.69, 9.17) is 10.5 Å². The van der Waals surface area contributed by atoms with Crippen LogP contribution in [0.3, 0.4) is 0 Å². The van der Waals surface area contributed by atoms with Gasteiger partial charge in [0.2, 0.25) is 0 Å². The molecule has 0 aliphatic rings. The number of aryl methyl sites for hydroxylation is 1. The summed E-state index contributed by atoms with van der Waals surface area (Å²) >= 11 is 0. The van der Waals surface area contributed by atoms with Crippen molar-refractivity contribution in [3.63, 3.8) is 0 Å². The Hall–Kier alpha value is -2.04. The quantitative estimate of drug-likeness (QED) is 0.794. The molecule has 0 radical (unpaired) electrons. The minimum atomic E-state index is 0.606. The average molecular weight is 204 g/mol. The minimum Gasteiger partial charge on any atom is -0.497 e. The number of pyridine rings is 1. The van der Waals surface area contributed by atoms with E-state index in [1.54, 1.807) is 37.2 Å². The van der Waals surface area contributed by atoms with Gasteiger partial charge >= 0.3 is 0 Å². The fourth-order valence-corrected chi connectivity index (χ4v) is 1.29. The lowest BCUT2D eigenvalue weighted by Crippen LogP contribution is -1.96. The summed E-state index contributed by atoms with van der Waals surface area (Å²) in [4.78, 5) is 4.20. The number of nitrogen functional groups attached to an aromatic ring is 1. The summed E-state index contributed by atoms with van der Waals surface area (Å²) in [6, 6.07) is 5.39. The van der Waals surface area contributed by atoms with Crippen molar-refractivity contribution in [1.82, 2.24) is 14.8 Å². The molecule has 0 spiro atoms. The molecule has 2 heterocycles. The highest BCUT2D eigenvalue weighted by molar-refractivity contribution is 5.59. The summed E-state index contributed by atoms with van der Waals surface area (Å²) in [5, 5.41) is 4.23. The SMILES string of the molecule is COc1ccnc(-c2cc(N)n(C)n2)c1. The Bertz CT molecular complexity index is 459. The van der Waals surface area contributed by atoms with Gasteiger partial charge in [-0.05, 0) is 6.07 Å². The number of aromatic nitrogens is 3. The molecule has 0 aliphatic heterocycles. The second kappa shape index (κ2) is 3.61. The van der Waals surface area contributed by atoms with Crippen LogP contribution < -0.4 is 10.5 Å². The molecule has 0 saturated heterocycles. The molecule has 2 aromatic heterocycles. The maximum absolute atomic E-state index is 5.69. The number of anilines is 1. The molecule has 5 heteroatoms. The summed E-state index contributed by atoms with van der Waals surface area (Å²) in [6.45, 7) is 0. The van der Waals surface area contributed by atoms with Gasteiger partial charge in [-0.2, -0.15) is 5.10 Å². The van der Waals surface area contributed by atoms with Gasteiger partial charge in [-0.1, -0.05) is 0 Å². The van der Waals surface area contributed by atoms with E-state index < -0.39 is 0 Å². The van der Waals surface area contributed by atoms with Gasteiger partial charge in [-0.15, -0.1) is 0 Å². The molecule has 2 rings (SSSR count). The minimum absolute atomic E-state index is 0.606. The van der Waals surface area contributed by atoms with Crippen LogP contribution in [0.5, 0.6) is 5.75 Å². The molecule has 78 valence electrons. The number of nitrogens with two attached hydrogens (primary N) is 1. The molecule has 0 atom stereocenters. The predicted molar refractivity (Wildman–Crippen MR) is 57.4 cm³/mol. The van der Waals surface area contributed by atoms with Gasteiger partial charge in [0.25, 0.3) is 0 Å². The van der Waals surface area contributed by atoms with E-state index in [2.05, 4.69) is 10.1 Å². The van der Waals surface area contributed by atoms with Crippen molar-refractivity contribution in [2.75, 3.05) is 12.8 Å². The average Bonchev–Trinajstić information content (AvgIpc) is 2.59. The highest BCUT2D eigenvalue weighted by atomic mass is 16.5. The smallest absolute Gasteiger partial charge is 0.122 e. The number of hydrogen-bond donors (Lipinski definition) is 1. The molecular weight excluding hydrogens is 192 g/mol. The summed E-state index contributed by atoms with van der Waals surface area (Å²) in [5.41, 5.74) is 7.19. The highest BCUT2D eigenvalue weighted by Crippen LogP contribution is 2.21. The number of ether oxygens (including phenoxy) is 1. The first kappa shape index (κ1) is 9.51. The van der Waals surface area contributed by atoms with E-state index in [1.807, 2.05) is 6.07 Å². The van der Waals surface area contributed by atoms with E-state index in [0.717, 1.165) is 17.1 Å². The van der Waals surface area contributed by atoms with Crippen LogP contribution in [0.4, 0.5) is 5.82 Å². The van der Waals surface area contributed by atoms with Crippen molar-refractivity contribution in [1.29, 1.82) is 0 Å².